The molecule has 4 nitrogen and oxygen atoms in total. The molecule has 0 bridgehead atoms. The molecular formula is C17H32N4. The highest BCUT2D eigenvalue weighted by molar-refractivity contribution is 5.57. The minimum absolute atomic E-state index is 0.237. The average molecular weight is 292 g/mol. The van der Waals surface area contributed by atoms with Crippen molar-refractivity contribution < 1.29 is 0 Å². The van der Waals surface area contributed by atoms with Gasteiger partial charge in [-0.1, -0.05) is 41.5 Å². The number of rotatable bonds is 8. The minimum Gasteiger partial charge on any atom is -0.370 e. The Morgan fingerprint density at radius 2 is 1.62 bits per heavy atom. The first-order valence-electron chi connectivity index (χ1n) is 8.17. The van der Waals surface area contributed by atoms with Crippen LogP contribution in [0.5, 0.6) is 0 Å². The predicted octanol–water partition coefficient (Wildman–Crippen LogP) is 4.26. The van der Waals surface area contributed by atoms with Crippen LogP contribution in [0, 0.1) is 18.3 Å². The van der Waals surface area contributed by atoms with E-state index in [4.69, 9.17) is 0 Å². The van der Waals surface area contributed by atoms with Gasteiger partial charge in [-0.2, -0.15) is 0 Å². The van der Waals surface area contributed by atoms with E-state index in [1.54, 1.807) is 0 Å². The first-order chi connectivity index (χ1) is 9.81. The summed E-state index contributed by atoms with van der Waals surface area (Å²) in [4.78, 5) is 9.27. The maximum absolute atomic E-state index is 4.66. The van der Waals surface area contributed by atoms with E-state index >= 15 is 0 Å². The molecule has 21 heavy (non-hydrogen) atoms. The van der Waals surface area contributed by atoms with Crippen LogP contribution in [0.1, 0.15) is 59.4 Å². The lowest BCUT2D eigenvalue weighted by molar-refractivity contribution is 0.269. The summed E-state index contributed by atoms with van der Waals surface area (Å²) in [6, 6.07) is 0. The molecule has 0 unspecified atom stereocenters. The summed E-state index contributed by atoms with van der Waals surface area (Å²) in [6.45, 7) is 17.3. The number of anilines is 2. The highest BCUT2D eigenvalue weighted by atomic mass is 15.1. The molecule has 0 aliphatic rings. The van der Waals surface area contributed by atoms with E-state index < -0.39 is 0 Å². The van der Waals surface area contributed by atoms with Gasteiger partial charge in [0, 0.05) is 25.1 Å². The number of aryl methyl sites for hydroxylation is 1. The largest absolute Gasteiger partial charge is 0.370 e. The van der Waals surface area contributed by atoms with Crippen LogP contribution in [0.3, 0.4) is 0 Å². The van der Waals surface area contributed by atoms with Crippen molar-refractivity contribution in [2.45, 2.75) is 61.3 Å². The SMILES string of the molecule is CCCNc1nc(CC)nc(NCC(C)(C)C(C)C)c1C. The molecule has 2 N–H and O–H groups in total. The Labute approximate surface area is 130 Å². The summed E-state index contributed by atoms with van der Waals surface area (Å²) in [6.07, 6.45) is 1.94. The van der Waals surface area contributed by atoms with Crippen molar-refractivity contribution in [3.63, 3.8) is 0 Å². The summed E-state index contributed by atoms with van der Waals surface area (Å²) in [5.41, 5.74) is 1.35. The van der Waals surface area contributed by atoms with Crippen LogP contribution in [-0.4, -0.2) is 23.1 Å². The molecule has 0 atom stereocenters. The van der Waals surface area contributed by atoms with Crippen molar-refractivity contribution in [1.82, 2.24) is 9.97 Å². The van der Waals surface area contributed by atoms with E-state index in [1.165, 1.54) is 0 Å². The Morgan fingerprint density at radius 1 is 1.05 bits per heavy atom. The molecule has 1 aromatic rings. The molecule has 0 radical (unpaired) electrons. The van der Waals surface area contributed by atoms with Crippen LogP contribution in [-0.2, 0) is 6.42 Å². The third-order valence-electron chi connectivity index (χ3n) is 4.33. The Morgan fingerprint density at radius 3 is 2.10 bits per heavy atom. The summed E-state index contributed by atoms with van der Waals surface area (Å²) in [5.74, 6) is 3.45. The van der Waals surface area contributed by atoms with Crippen molar-refractivity contribution in [2.75, 3.05) is 23.7 Å². The molecule has 4 heteroatoms. The highest BCUT2D eigenvalue weighted by Crippen LogP contribution is 2.27. The molecule has 0 saturated carbocycles. The Kier molecular flexibility index (Phi) is 6.43. The first-order valence-corrected chi connectivity index (χ1v) is 8.17. The van der Waals surface area contributed by atoms with Gasteiger partial charge >= 0.3 is 0 Å². The van der Waals surface area contributed by atoms with Gasteiger partial charge in [0.15, 0.2) is 0 Å². The van der Waals surface area contributed by atoms with Gasteiger partial charge < -0.3 is 10.6 Å². The maximum atomic E-state index is 4.66. The Balaban J connectivity index is 2.95. The minimum atomic E-state index is 0.237. The lowest BCUT2D eigenvalue weighted by atomic mass is 9.81. The van der Waals surface area contributed by atoms with Crippen LogP contribution in [0.4, 0.5) is 11.6 Å². The fourth-order valence-corrected chi connectivity index (χ4v) is 1.82. The lowest BCUT2D eigenvalue weighted by Gasteiger charge is -2.30. The molecule has 0 aliphatic carbocycles. The smallest absolute Gasteiger partial charge is 0.134 e. The lowest BCUT2D eigenvalue weighted by Crippen LogP contribution is -2.29. The summed E-state index contributed by atoms with van der Waals surface area (Å²) in [7, 11) is 0. The third kappa shape index (κ3) is 4.87. The van der Waals surface area contributed by atoms with Crippen molar-refractivity contribution in [3.8, 4) is 0 Å². The van der Waals surface area contributed by atoms with Crippen LogP contribution in [0.15, 0.2) is 0 Å². The molecule has 1 rings (SSSR count). The third-order valence-corrected chi connectivity index (χ3v) is 4.33. The molecule has 0 aliphatic heterocycles. The van der Waals surface area contributed by atoms with Gasteiger partial charge in [-0.15, -0.1) is 0 Å². The number of nitrogens with zero attached hydrogens (tertiary/aromatic N) is 2. The molecular weight excluding hydrogens is 260 g/mol. The molecule has 0 saturated heterocycles. The number of hydrogen-bond donors (Lipinski definition) is 2. The van der Waals surface area contributed by atoms with Gasteiger partial charge in [0.2, 0.25) is 0 Å². The van der Waals surface area contributed by atoms with Crippen molar-refractivity contribution >= 4 is 11.6 Å². The number of hydrogen-bond acceptors (Lipinski definition) is 4. The van der Waals surface area contributed by atoms with Crippen LogP contribution in [0.25, 0.3) is 0 Å². The fraction of sp³-hybridized carbons (Fsp3) is 0.765. The summed E-state index contributed by atoms with van der Waals surface area (Å²) >= 11 is 0. The number of aromatic nitrogens is 2. The van der Waals surface area contributed by atoms with Gasteiger partial charge in [0.1, 0.15) is 17.5 Å². The molecule has 1 aromatic heterocycles. The van der Waals surface area contributed by atoms with Gasteiger partial charge in [-0.3, -0.25) is 0 Å². The van der Waals surface area contributed by atoms with Gasteiger partial charge in [0.25, 0.3) is 0 Å². The van der Waals surface area contributed by atoms with E-state index in [1.807, 2.05) is 0 Å². The molecule has 0 aromatic carbocycles. The maximum Gasteiger partial charge on any atom is 0.134 e. The molecule has 0 fully saturated rings. The van der Waals surface area contributed by atoms with Gasteiger partial charge in [-0.05, 0) is 24.7 Å². The topological polar surface area (TPSA) is 49.8 Å². The van der Waals surface area contributed by atoms with Crippen molar-refractivity contribution in [3.05, 3.63) is 11.4 Å². The number of nitrogens with one attached hydrogen (secondary N) is 2. The predicted molar refractivity (Wildman–Crippen MR) is 92.0 cm³/mol. The van der Waals surface area contributed by atoms with Crippen LogP contribution in [0.2, 0.25) is 0 Å². The van der Waals surface area contributed by atoms with E-state index in [9.17, 15) is 0 Å². The van der Waals surface area contributed by atoms with E-state index in [0.717, 1.165) is 49.0 Å². The summed E-state index contributed by atoms with van der Waals surface area (Å²) < 4.78 is 0. The second-order valence-corrected chi connectivity index (χ2v) is 6.74. The van der Waals surface area contributed by atoms with Crippen molar-refractivity contribution in [2.24, 2.45) is 11.3 Å². The van der Waals surface area contributed by atoms with E-state index in [2.05, 4.69) is 69.1 Å². The zero-order valence-electron chi connectivity index (χ0n) is 14.8. The van der Waals surface area contributed by atoms with Gasteiger partial charge in [0.05, 0.1) is 0 Å². The normalized spacial score (nSPS) is 11.8. The summed E-state index contributed by atoms with van der Waals surface area (Å²) in [5, 5.41) is 6.94. The molecule has 0 amide bonds. The van der Waals surface area contributed by atoms with Gasteiger partial charge in [-0.25, -0.2) is 9.97 Å². The first kappa shape index (κ1) is 17.7. The van der Waals surface area contributed by atoms with E-state index in [0.29, 0.717) is 5.92 Å². The zero-order chi connectivity index (χ0) is 16.0. The quantitative estimate of drug-likeness (QED) is 0.751. The molecule has 120 valence electrons. The Hall–Kier alpha value is -1.32. The molecule has 0 spiro atoms. The van der Waals surface area contributed by atoms with E-state index in [-0.39, 0.29) is 5.41 Å². The second-order valence-electron chi connectivity index (χ2n) is 6.74. The molecule has 1 heterocycles. The van der Waals surface area contributed by atoms with Crippen LogP contribution >= 0.6 is 0 Å². The highest BCUT2D eigenvalue weighted by Gasteiger charge is 2.22. The standard InChI is InChI=1S/C17H32N4/c1-8-10-18-15-13(5)16(21-14(9-2)20-15)19-11-17(6,7)12(3)4/h12H,8-11H2,1-7H3,(H2,18,19,20,21). The van der Waals surface area contributed by atoms with Crippen LogP contribution < -0.4 is 10.6 Å². The van der Waals surface area contributed by atoms with Crippen molar-refractivity contribution in [1.29, 1.82) is 0 Å². The fourth-order valence-electron chi connectivity index (χ4n) is 1.82. The zero-order valence-corrected chi connectivity index (χ0v) is 14.8. The second kappa shape index (κ2) is 7.62. The monoisotopic (exact) mass is 292 g/mol. The Bertz CT molecular complexity index is 452. The average Bonchev–Trinajstić information content (AvgIpc) is 2.44.